The van der Waals surface area contributed by atoms with Gasteiger partial charge in [0.15, 0.2) is 5.82 Å². The van der Waals surface area contributed by atoms with Gasteiger partial charge in [0, 0.05) is 35.9 Å². The number of aromatic amines is 1. The Labute approximate surface area is 253 Å². The number of amides is 1. The topological polar surface area (TPSA) is 88.5 Å². The quantitative estimate of drug-likeness (QED) is 0.199. The van der Waals surface area contributed by atoms with Crippen molar-refractivity contribution in [2.75, 3.05) is 0 Å². The third-order valence-electron chi connectivity index (χ3n) is 7.48. The number of aromatic nitrogens is 5. The fourth-order valence-electron chi connectivity index (χ4n) is 4.98. The number of nitrogens with zero attached hydrogens (tertiary/aromatic N) is 4. The molecule has 43 heavy (non-hydrogen) atoms. The van der Waals surface area contributed by atoms with E-state index in [-0.39, 0.29) is 5.91 Å². The molecule has 0 bridgehead atoms. The highest BCUT2D eigenvalue weighted by atomic mass is 16.1. The van der Waals surface area contributed by atoms with Gasteiger partial charge < -0.3 is 14.9 Å². The summed E-state index contributed by atoms with van der Waals surface area (Å²) < 4.78 is 2.13. The lowest BCUT2D eigenvalue weighted by molar-refractivity contribution is -0.120. The number of nitrogens with one attached hydrogen (secondary N) is 2. The number of benzene rings is 3. The van der Waals surface area contributed by atoms with Crippen LogP contribution in [0.25, 0.3) is 10.9 Å². The normalized spacial score (nSPS) is 10.7. The van der Waals surface area contributed by atoms with Crippen LogP contribution in [0.4, 0.5) is 0 Å². The number of para-hydroxylation sites is 1. The zero-order valence-electron chi connectivity index (χ0n) is 24.8. The van der Waals surface area contributed by atoms with Crippen LogP contribution in [0, 0.1) is 6.92 Å². The second kappa shape index (κ2) is 14.7. The molecule has 0 aliphatic carbocycles. The van der Waals surface area contributed by atoms with Gasteiger partial charge in [0.05, 0.1) is 19.5 Å². The maximum Gasteiger partial charge on any atom is 0.224 e. The van der Waals surface area contributed by atoms with E-state index < -0.39 is 0 Å². The van der Waals surface area contributed by atoms with Gasteiger partial charge in [0.1, 0.15) is 5.82 Å². The predicted molar refractivity (Wildman–Crippen MR) is 172 cm³/mol. The van der Waals surface area contributed by atoms with Crippen molar-refractivity contribution in [3.05, 3.63) is 149 Å². The number of carbonyl (C=O) groups is 1. The molecule has 1 amide bonds. The fourth-order valence-corrected chi connectivity index (χ4v) is 4.98. The smallest absolute Gasteiger partial charge is 0.224 e. The number of hydrogen-bond acceptors (Lipinski definition) is 4. The fraction of sp³-hybridized carbons (Fsp3) is 0.222. The lowest BCUT2D eigenvalue weighted by atomic mass is 10.1. The van der Waals surface area contributed by atoms with Crippen LogP contribution in [0.2, 0.25) is 0 Å². The standard InChI is InChI=1S/C27H29N5O.C9H9N/c1-2-21-10-12-23(13-11-21)20-32-25(15-14-22-7-4-3-5-8-22)30-31-26(32)19-29-27(33)17-24-9-6-16-28-18-24;1-7-6-10-9-5-3-2-4-8(7)9/h3-13,16,18H,2,14-15,17,19-20H2,1H3,(H,29,33);2-6,10H,1H3. The highest BCUT2D eigenvalue weighted by Gasteiger charge is 2.14. The number of aryl methyl sites for hydroxylation is 4. The van der Waals surface area contributed by atoms with E-state index in [1.807, 2.05) is 30.5 Å². The monoisotopic (exact) mass is 570 g/mol. The Bertz CT molecular complexity index is 1720. The van der Waals surface area contributed by atoms with Crippen LogP contribution in [-0.4, -0.2) is 30.6 Å². The molecule has 3 aromatic heterocycles. The number of hydrogen-bond donors (Lipinski definition) is 2. The van der Waals surface area contributed by atoms with Crippen molar-refractivity contribution >= 4 is 16.8 Å². The first kappa shape index (κ1) is 29.5. The van der Waals surface area contributed by atoms with Crippen LogP contribution in [0.5, 0.6) is 0 Å². The highest BCUT2D eigenvalue weighted by molar-refractivity contribution is 5.82. The first-order valence-corrected chi connectivity index (χ1v) is 14.8. The van der Waals surface area contributed by atoms with Gasteiger partial charge in [0.25, 0.3) is 0 Å². The van der Waals surface area contributed by atoms with Gasteiger partial charge in [0.2, 0.25) is 5.91 Å². The molecule has 0 spiro atoms. The van der Waals surface area contributed by atoms with Crippen molar-refractivity contribution < 1.29 is 4.79 Å². The Balaban J connectivity index is 0.000000308. The van der Waals surface area contributed by atoms with E-state index in [4.69, 9.17) is 0 Å². The van der Waals surface area contributed by atoms with Gasteiger partial charge in [-0.3, -0.25) is 9.78 Å². The minimum atomic E-state index is -0.0596. The van der Waals surface area contributed by atoms with Gasteiger partial charge in [-0.05, 0) is 59.7 Å². The van der Waals surface area contributed by atoms with Crippen LogP contribution in [0.3, 0.4) is 0 Å². The Morgan fingerprint density at radius 3 is 2.26 bits per heavy atom. The lowest BCUT2D eigenvalue weighted by Gasteiger charge is -2.12. The molecule has 0 atom stereocenters. The molecule has 3 heterocycles. The van der Waals surface area contributed by atoms with Crippen molar-refractivity contribution in [1.29, 1.82) is 0 Å². The summed E-state index contributed by atoms with van der Waals surface area (Å²) in [5.74, 6) is 1.63. The third kappa shape index (κ3) is 8.26. The van der Waals surface area contributed by atoms with Gasteiger partial charge >= 0.3 is 0 Å². The van der Waals surface area contributed by atoms with E-state index in [2.05, 4.69) is 111 Å². The number of H-pyrrole nitrogens is 1. The summed E-state index contributed by atoms with van der Waals surface area (Å²) in [5, 5.41) is 13.2. The van der Waals surface area contributed by atoms with Gasteiger partial charge in [-0.25, -0.2) is 0 Å². The molecular weight excluding hydrogens is 532 g/mol. The molecule has 2 N–H and O–H groups in total. The summed E-state index contributed by atoms with van der Waals surface area (Å²) in [6.07, 6.45) is 8.43. The molecule has 0 saturated heterocycles. The van der Waals surface area contributed by atoms with Gasteiger partial charge in [-0.2, -0.15) is 0 Å². The molecule has 0 saturated carbocycles. The molecule has 0 aliphatic rings. The van der Waals surface area contributed by atoms with Crippen LogP contribution in [0.15, 0.2) is 110 Å². The average Bonchev–Trinajstić information content (AvgIpc) is 3.63. The maximum atomic E-state index is 12.4. The summed E-state index contributed by atoms with van der Waals surface area (Å²) in [7, 11) is 0. The second-order valence-electron chi connectivity index (χ2n) is 10.6. The van der Waals surface area contributed by atoms with Crippen LogP contribution in [-0.2, 0) is 43.6 Å². The molecule has 0 fully saturated rings. The first-order valence-electron chi connectivity index (χ1n) is 14.8. The minimum Gasteiger partial charge on any atom is -0.361 e. The van der Waals surface area contributed by atoms with Gasteiger partial charge in [-0.1, -0.05) is 85.8 Å². The molecule has 6 rings (SSSR count). The van der Waals surface area contributed by atoms with Crippen LogP contribution < -0.4 is 5.32 Å². The Hall–Kier alpha value is -5.04. The second-order valence-corrected chi connectivity index (χ2v) is 10.6. The molecule has 0 unspecified atom stereocenters. The Morgan fingerprint density at radius 1 is 0.791 bits per heavy atom. The Morgan fingerprint density at radius 2 is 1.51 bits per heavy atom. The van der Waals surface area contributed by atoms with Crippen molar-refractivity contribution in [2.45, 2.75) is 52.6 Å². The largest absolute Gasteiger partial charge is 0.361 e. The summed E-state index contributed by atoms with van der Waals surface area (Å²) >= 11 is 0. The van der Waals surface area contributed by atoms with E-state index in [1.54, 1.807) is 12.4 Å². The maximum absolute atomic E-state index is 12.4. The van der Waals surface area contributed by atoms with E-state index in [1.165, 1.54) is 33.2 Å². The Kier molecular flexibility index (Phi) is 10.1. The zero-order chi connectivity index (χ0) is 29.9. The van der Waals surface area contributed by atoms with Crippen LogP contribution >= 0.6 is 0 Å². The molecule has 0 aliphatic heterocycles. The molecule has 6 aromatic rings. The van der Waals surface area contributed by atoms with Gasteiger partial charge in [-0.15, -0.1) is 10.2 Å². The predicted octanol–water partition coefficient (Wildman–Crippen LogP) is 6.40. The number of fused-ring (bicyclic) bond motifs is 1. The summed E-state index contributed by atoms with van der Waals surface area (Å²) in [6.45, 7) is 5.28. The average molecular weight is 571 g/mol. The first-order chi connectivity index (χ1) is 21.1. The number of pyridine rings is 1. The SMILES string of the molecule is CCc1ccc(Cn2c(CCc3ccccc3)nnc2CNC(=O)Cc2cccnc2)cc1.Cc1c[nH]c2ccccc12. The highest BCUT2D eigenvalue weighted by Crippen LogP contribution is 2.16. The molecule has 3 aromatic carbocycles. The van der Waals surface area contributed by atoms with E-state index in [0.717, 1.165) is 36.5 Å². The van der Waals surface area contributed by atoms with Crippen molar-refractivity contribution in [1.82, 2.24) is 30.0 Å². The van der Waals surface area contributed by atoms with Crippen LogP contribution in [0.1, 0.15) is 46.4 Å². The summed E-state index contributed by atoms with van der Waals surface area (Å²) in [4.78, 5) is 19.7. The molecule has 218 valence electrons. The van der Waals surface area contributed by atoms with E-state index in [0.29, 0.717) is 19.5 Å². The zero-order valence-corrected chi connectivity index (χ0v) is 24.8. The summed E-state index contributed by atoms with van der Waals surface area (Å²) in [5.41, 5.74) is 7.20. The minimum absolute atomic E-state index is 0.0596. The van der Waals surface area contributed by atoms with E-state index in [9.17, 15) is 4.79 Å². The summed E-state index contributed by atoms with van der Waals surface area (Å²) in [6, 6.07) is 31.1. The number of carbonyl (C=O) groups excluding carboxylic acids is 1. The van der Waals surface area contributed by atoms with E-state index >= 15 is 0 Å². The van der Waals surface area contributed by atoms with Crippen molar-refractivity contribution in [3.8, 4) is 0 Å². The molecular formula is C36H38N6O. The third-order valence-corrected chi connectivity index (χ3v) is 7.48. The molecule has 7 nitrogen and oxygen atoms in total. The van der Waals surface area contributed by atoms with Crippen molar-refractivity contribution in [3.63, 3.8) is 0 Å². The molecule has 7 heteroatoms. The molecule has 0 radical (unpaired) electrons. The lowest BCUT2D eigenvalue weighted by Crippen LogP contribution is -2.26. The van der Waals surface area contributed by atoms with Crippen molar-refractivity contribution in [2.24, 2.45) is 0 Å². The number of rotatable bonds is 10.